The van der Waals surface area contributed by atoms with E-state index in [4.69, 9.17) is 5.73 Å². The Kier molecular flexibility index (Phi) is 6.82. The number of nitrogens with zero attached hydrogens (tertiary/aromatic N) is 1. The van der Waals surface area contributed by atoms with Gasteiger partial charge in [-0.1, -0.05) is 13.0 Å². The molecule has 3 atom stereocenters. The minimum atomic E-state index is -0.275. The van der Waals surface area contributed by atoms with Crippen LogP contribution in [0.25, 0.3) is 0 Å². The largest absolute Gasteiger partial charge is 0.371 e. The van der Waals surface area contributed by atoms with Crippen LogP contribution in [0.1, 0.15) is 40.0 Å². The molecule has 138 valence electrons. The van der Waals surface area contributed by atoms with E-state index in [-0.39, 0.29) is 36.2 Å². The molecular formula is C19H30N4O2. The molecule has 1 aliphatic heterocycles. The van der Waals surface area contributed by atoms with Gasteiger partial charge < -0.3 is 21.3 Å². The van der Waals surface area contributed by atoms with Crippen molar-refractivity contribution in [2.45, 2.75) is 52.1 Å². The molecule has 4 N–H and O–H groups in total. The van der Waals surface area contributed by atoms with Crippen molar-refractivity contribution >= 4 is 23.2 Å². The molecule has 0 saturated carbocycles. The lowest BCUT2D eigenvalue weighted by molar-refractivity contribution is -0.125. The number of carbonyl (C=O) groups is 2. The van der Waals surface area contributed by atoms with Crippen LogP contribution in [0.4, 0.5) is 11.4 Å². The molecule has 2 rings (SSSR count). The number of amides is 2. The van der Waals surface area contributed by atoms with Crippen molar-refractivity contribution in [2.75, 3.05) is 23.3 Å². The molecule has 2 amide bonds. The lowest BCUT2D eigenvalue weighted by atomic mass is 10.0. The molecule has 0 radical (unpaired) electrons. The fourth-order valence-electron chi connectivity index (χ4n) is 2.91. The lowest BCUT2D eigenvalue weighted by Crippen LogP contribution is -2.43. The van der Waals surface area contributed by atoms with Gasteiger partial charge >= 0.3 is 0 Å². The second-order valence-corrected chi connectivity index (χ2v) is 7.05. The smallest absolute Gasteiger partial charge is 0.226 e. The number of hydrogen-bond acceptors (Lipinski definition) is 4. The van der Waals surface area contributed by atoms with Crippen LogP contribution in [-0.4, -0.2) is 37.0 Å². The van der Waals surface area contributed by atoms with Crippen LogP contribution in [0.3, 0.4) is 0 Å². The Balaban J connectivity index is 1.85. The minimum absolute atomic E-state index is 0.111. The van der Waals surface area contributed by atoms with Gasteiger partial charge in [-0.2, -0.15) is 0 Å². The molecule has 1 saturated heterocycles. The zero-order valence-electron chi connectivity index (χ0n) is 15.4. The van der Waals surface area contributed by atoms with Gasteiger partial charge in [0.2, 0.25) is 11.8 Å². The average molecular weight is 346 g/mol. The third-order valence-electron chi connectivity index (χ3n) is 4.68. The van der Waals surface area contributed by atoms with Crippen molar-refractivity contribution in [2.24, 2.45) is 11.7 Å². The van der Waals surface area contributed by atoms with E-state index >= 15 is 0 Å². The van der Waals surface area contributed by atoms with Crippen LogP contribution >= 0.6 is 0 Å². The van der Waals surface area contributed by atoms with Crippen molar-refractivity contribution in [3.8, 4) is 0 Å². The topological polar surface area (TPSA) is 87.5 Å². The van der Waals surface area contributed by atoms with Crippen LogP contribution in [0.2, 0.25) is 0 Å². The third kappa shape index (κ3) is 5.74. The molecule has 25 heavy (non-hydrogen) atoms. The minimum Gasteiger partial charge on any atom is -0.371 e. The van der Waals surface area contributed by atoms with Crippen LogP contribution in [0.5, 0.6) is 0 Å². The zero-order valence-corrected chi connectivity index (χ0v) is 15.4. The van der Waals surface area contributed by atoms with Gasteiger partial charge in [0.15, 0.2) is 0 Å². The quantitative estimate of drug-likeness (QED) is 0.705. The molecule has 0 spiro atoms. The Morgan fingerprint density at radius 2 is 1.88 bits per heavy atom. The van der Waals surface area contributed by atoms with E-state index in [1.54, 1.807) is 13.8 Å². The second-order valence-electron chi connectivity index (χ2n) is 7.05. The Hall–Kier alpha value is -2.08. The van der Waals surface area contributed by atoms with E-state index in [1.807, 2.05) is 25.1 Å². The van der Waals surface area contributed by atoms with Crippen molar-refractivity contribution in [3.05, 3.63) is 24.3 Å². The first-order valence-corrected chi connectivity index (χ1v) is 9.07. The lowest BCUT2D eigenvalue weighted by Gasteiger charge is -2.20. The maximum Gasteiger partial charge on any atom is 0.226 e. The summed E-state index contributed by atoms with van der Waals surface area (Å²) in [5, 5.41) is 5.77. The van der Waals surface area contributed by atoms with Gasteiger partial charge in [0.05, 0.1) is 0 Å². The number of nitrogens with one attached hydrogen (secondary N) is 2. The van der Waals surface area contributed by atoms with E-state index in [0.717, 1.165) is 24.5 Å². The van der Waals surface area contributed by atoms with E-state index in [2.05, 4.69) is 21.6 Å². The predicted molar refractivity (Wildman–Crippen MR) is 102 cm³/mol. The SMILES string of the molecule is CC(CC(=O)Nc1cccc(N2CCCC2)c1)NC(=O)C(C)C(C)N. The van der Waals surface area contributed by atoms with Crippen molar-refractivity contribution < 1.29 is 9.59 Å². The highest BCUT2D eigenvalue weighted by Crippen LogP contribution is 2.23. The van der Waals surface area contributed by atoms with E-state index in [9.17, 15) is 9.59 Å². The summed E-state index contributed by atoms with van der Waals surface area (Å²) in [6, 6.07) is 7.46. The Morgan fingerprint density at radius 1 is 1.20 bits per heavy atom. The summed E-state index contributed by atoms with van der Waals surface area (Å²) in [4.78, 5) is 26.6. The van der Waals surface area contributed by atoms with Crippen molar-refractivity contribution in [1.82, 2.24) is 5.32 Å². The Morgan fingerprint density at radius 3 is 2.52 bits per heavy atom. The molecule has 1 aromatic rings. The summed E-state index contributed by atoms with van der Waals surface area (Å²) in [7, 11) is 0. The second kappa shape index (κ2) is 8.85. The predicted octanol–water partition coefficient (Wildman–Crippen LogP) is 2.10. The zero-order chi connectivity index (χ0) is 18.4. The van der Waals surface area contributed by atoms with Gasteiger partial charge in [0, 0.05) is 48.9 Å². The molecule has 1 aliphatic rings. The van der Waals surface area contributed by atoms with Gasteiger partial charge in [-0.3, -0.25) is 9.59 Å². The molecule has 6 nitrogen and oxygen atoms in total. The Bertz CT molecular complexity index is 597. The Labute approximate surface area is 150 Å². The standard InChI is InChI=1S/C19H30N4O2/c1-13(21-19(25)14(2)15(3)20)11-18(24)22-16-7-6-8-17(12-16)23-9-4-5-10-23/h6-8,12-15H,4-5,9-11,20H2,1-3H3,(H,21,25)(H,22,24). The van der Waals surface area contributed by atoms with Crippen LogP contribution in [0, 0.1) is 5.92 Å². The fourth-order valence-corrected chi connectivity index (χ4v) is 2.91. The summed E-state index contributed by atoms with van der Waals surface area (Å²) >= 11 is 0. The number of carbonyl (C=O) groups excluding carboxylic acids is 2. The molecule has 1 aromatic carbocycles. The summed E-state index contributed by atoms with van der Waals surface area (Å²) < 4.78 is 0. The van der Waals surface area contributed by atoms with Gasteiger partial charge in [0.25, 0.3) is 0 Å². The maximum absolute atomic E-state index is 12.2. The summed E-state index contributed by atoms with van der Waals surface area (Å²) in [6.07, 6.45) is 2.66. The first kappa shape index (κ1) is 19.2. The van der Waals surface area contributed by atoms with Gasteiger partial charge in [0.1, 0.15) is 0 Å². The molecule has 1 heterocycles. The van der Waals surface area contributed by atoms with Crippen molar-refractivity contribution in [3.63, 3.8) is 0 Å². The highest BCUT2D eigenvalue weighted by Gasteiger charge is 2.20. The molecule has 3 unspecified atom stereocenters. The summed E-state index contributed by atoms with van der Waals surface area (Å²) in [5.41, 5.74) is 7.67. The molecule has 1 fully saturated rings. The molecule has 0 aliphatic carbocycles. The van der Waals surface area contributed by atoms with Gasteiger partial charge in [-0.15, -0.1) is 0 Å². The van der Waals surface area contributed by atoms with Crippen LogP contribution < -0.4 is 21.3 Å². The number of benzene rings is 1. The van der Waals surface area contributed by atoms with Gasteiger partial charge in [-0.05, 0) is 44.9 Å². The van der Waals surface area contributed by atoms with Crippen LogP contribution in [-0.2, 0) is 9.59 Å². The number of rotatable bonds is 7. The third-order valence-corrected chi connectivity index (χ3v) is 4.68. The molecule has 0 bridgehead atoms. The maximum atomic E-state index is 12.2. The van der Waals surface area contributed by atoms with E-state index in [0.29, 0.717) is 0 Å². The average Bonchev–Trinajstić information content (AvgIpc) is 3.08. The van der Waals surface area contributed by atoms with E-state index < -0.39 is 0 Å². The molecule has 6 heteroatoms. The summed E-state index contributed by atoms with van der Waals surface area (Å²) in [5.74, 6) is -0.506. The number of anilines is 2. The highest BCUT2D eigenvalue weighted by atomic mass is 16.2. The van der Waals surface area contributed by atoms with E-state index in [1.165, 1.54) is 12.8 Å². The number of hydrogen-bond donors (Lipinski definition) is 3. The highest BCUT2D eigenvalue weighted by molar-refractivity contribution is 5.92. The first-order valence-electron chi connectivity index (χ1n) is 9.07. The molecule has 0 aromatic heterocycles. The normalized spacial score (nSPS) is 17.7. The number of nitrogens with two attached hydrogens (primary N) is 1. The summed E-state index contributed by atoms with van der Waals surface area (Å²) in [6.45, 7) is 7.55. The first-order chi connectivity index (χ1) is 11.9. The monoisotopic (exact) mass is 346 g/mol. The fraction of sp³-hybridized carbons (Fsp3) is 0.579. The van der Waals surface area contributed by atoms with Crippen LogP contribution in [0.15, 0.2) is 24.3 Å². The molecular weight excluding hydrogens is 316 g/mol. The van der Waals surface area contributed by atoms with Gasteiger partial charge in [-0.25, -0.2) is 0 Å². The van der Waals surface area contributed by atoms with Crippen molar-refractivity contribution in [1.29, 1.82) is 0 Å².